The average molecular weight is 571 g/mol. The molecular weight excluding hydrogens is 537 g/mol. The number of nitrogens with two attached hydrogens (primary N) is 1. The van der Waals surface area contributed by atoms with Gasteiger partial charge in [-0.25, -0.2) is 14.3 Å². The second-order valence-corrected chi connectivity index (χ2v) is 13.8. The first kappa shape index (κ1) is 29.0. The van der Waals surface area contributed by atoms with Crippen LogP contribution >= 0.6 is 34.5 Å². The molecule has 0 radical (unpaired) electrons. The van der Waals surface area contributed by atoms with Gasteiger partial charge in [-0.05, 0) is 65.6 Å². The topological polar surface area (TPSA) is 109 Å². The Kier molecular flexibility index (Phi) is 8.93. The summed E-state index contributed by atoms with van der Waals surface area (Å²) in [6.07, 6.45) is 0.285. The fourth-order valence-electron chi connectivity index (χ4n) is 3.95. The van der Waals surface area contributed by atoms with Crippen LogP contribution in [0.15, 0.2) is 45.2 Å². The highest BCUT2D eigenvalue weighted by Crippen LogP contribution is 2.36. The molecule has 0 spiro atoms. The second kappa shape index (κ2) is 11.1. The molecule has 0 saturated carbocycles. The number of nitrogens with zero attached hydrogens (tertiary/aromatic N) is 2. The van der Waals surface area contributed by atoms with E-state index in [-0.39, 0.29) is 22.6 Å². The van der Waals surface area contributed by atoms with Gasteiger partial charge in [0, 0.05) is 12.6 Å². The Morgan fingerprint density at radius 1 is 1.06 bits per heavy atom. The fourth-order valence-corrected chi connectivity index (χ4v) is 6.50. The molecule has 10 heteroatoms. The first-order valence-electron chi connectivity index (χ1n) is 11.6. The van der Waals surface area contributed by atoms with Gasteiger partial charge in [-0.3, -0.25) is 0 Å². The van der Waals surface area contributed by atoms with Crippen molar-refractivity contribution in [3.05, 3.63) is 68.1 Å². The van der Waals surface area contributed by atoms with E-state index in [0.29, 0.717) is 14.9 Å². The first-order valence-corrected chi connectivity index (χ1v) is 14.8. The largest absolute Gasteiger partial charge is 0.385 e. The Hall–Kier alpha value is -1.52. The average Bonchev–Trinajstić information content (AvgIpc) is 3.27. The lowest BCUT2D eigenvalue weighted by Crippen LogP contribution is -2.20. The zero-order valence-electron chi connectivity index (χ0n) is 21.3. The van der Waals surface area contributed by atoms with Crippen LogP contribution in [0.25, 0.3) is 11.1 Å². The lowest BCUT2D eigenvalue weighted by molar-refractivity contribution is 0.0823. The maximum absolute atomic E-state index is 13.2. The summed E-state index contributed by atoms with van der Waals surface area (Å²) in [5.74, 6) is 0.311. The monoisotopic (exact) mass is 569 g/mol. The maximum atomic E-state index is 13.2. The molecule has 1 heterocycles. The molecule has 0 saturated heterocycles. The summed E-state index contributed by atoms with van der Waals surface area (Å²) >= 11 is 13.4. The van der Waals surface area contributed by atoms with Gasteiger partial charge >= 0.3 is 0 Å². The number of hydrogen-bond donors (Lipinski definition) is 3. The predicted molar refractivity (Wildman–Crippen MR) is 150 cm³/mol. The number of benzene rings is 2. The number of aliphatic hydroxyl groups excluding tert-OH is 1. The van der Waals surface area contributed by atoms with Gasteiger partial charge in [-0.1, -0.05) is 69.1 Å². The molecule has 0 bridgehead atoms. The quantitative estimate of drug-likeness (QED) is 0.275. The molecule has 0 fully saturated rings. The van der Waals surface area contributed by atoms with Gasteiger partial charge in [-0.2, -0.15) is 4.36 Å². The van der Waals surface area contributed by atoms with Crippen LogP contribution in [0, 0.1) is 0 Å². The highest BCUT2D eigenvalue weighted by Gasteiger charge is 2.24. The Morgan fingerprint density at radius 2 is 1.64 bits per heavy atom. The van der Waals surface area contributed by atoms with Crippen molar-refractivity contribution in [2.45, 2.75) is 76.0 Å². The molecule has 2 atom stereocenters. The molecule has 6 nitrogen and oxygen atoms in total. The van der Waals surface area contributed by atoms with Gasteiger partial charge in [0.1, 0.15) is 0 Å². The van der Waals surface area contributed by atoms with Crippen LogP contribution in [0.2, 0.25) is 10.0 Å². The summed E-state index contributed by atoms with van der Waals surface area (Å²) < 4.78 is 17.3. The molecule has 36 heavy (non-hydrogen) atoms. The maximum Gasteiger partial charge on any atom is 0.204 e. The molecule has 0 aliphatic carbocycles. The number of aliphatic hydroxyl groups is 2. The van der Waals surface area contributed by atoms with E-state index in [1.165, 1.54) is 6.20 Å². The third-order valence-corrected chi connectivity index (χ3v) is 9.79. The van der Waals surface area contributed by atoms with Gasteiger partial charge in [0.15, 0.2) is 16.1 Å². The van der Waals surface area contributed by atoms with E-state index >= 15 is 0 Å². The van der Waals surface area contributed by atoms with Gasteiger partial charge in [0.2, 0.25) is 4.34 Å². The first-order chi connectivity index (χ1) is 16.6. The molecule has 3 aromatic rings. The van der Waals surface area contributed by atoms with E-state index in [4.69, 9.17) is 28.3 Å². The normalized spacial score (nSPS) is 14.8. The van der Waals surface area contributed by atoms with Crippen LogP contribution in [0.1, 0.15) is 74.9 Å². The minimum Gasteiger partial charge on any atom is -0.385 e. The van der Waals surface area contributed by atoms with Gasteiger partial charge in [-0.15, -0.1) is 11.3 Å². The number of halogens is 2. The smallest absolute Gasteiger partial charge is 0.204 e. The number of hydrogen-bond acceptors (Lipinski definition) is 6. The Labute approximate surface area is 227 Å². The second-order valence-electron chi connectivity index (χ2n) is 9.98. The van der Waals surface area contributed by atoms with Crippen LogP contribution in [-0.2, 0) is 21.9 Å². The van der Waals surface area contributed by atoms with E-state index in [2.05, 4.69) is 49.2 Å². The van der Waals surface area contributed by atoms with E-state index in [9.17, 15) is 14.4 Å². The standard InChI is InChI=1S/C26H33Cl2N3O3S2/c1-14(2)18-9-17(16-7-8-21(27)22(28)11-16)10-19(15(3)4)20(18)12-24(32)31-36(29,34)25-30-13-23(35-25)26(5,6)33/h7-11,13-15,24,32-33H,12H2,1-6H3,(H2,29,31,34). The highest BCUT2D eigenvalue weighted by atomic mass is 35.5. The Balaban J connectivity index is 2.04. The van der Waals surface area contributed by atoms with Crippen molar-refractivity contribution in [2.75, 3.05) is 0 Å². The van der Waals surface area contributed by atoms with Crippen LogP contribution in [-0.4, -0.2) is 25.6 Å². The minimum atomic E-state index is -3.45. The van der Waals surface area contributed by atoms with E-state index < -0.39 is 21.7 Å². The zero-order valence-corrected chi connectivity index (χ0v) is 24.4. The number of rotatable bonds is 8. The van der Waals surface area contributed by atoms with Crippen molar-refractivity contribution in [3.63, 3.8) is 0 Å². The van der Waals surface area contributed by atoms with E-state index in [1.807, 2.05) is 12.1 Å². The predicted octanol–water partition coefficient (Wildman–Crippen LogP) is 6.85. The van der Waals surface area contributed by atoms with Crippen LogP contribution in [0.3, 0.4) is 0 Å². The molecule has 1 aromatic heterocycles. The minimum absolute atomic E-state index is 0.0711. The molecule has 2 unspecified atom stereocenters. The lowest BCUT2D eigenvalue weighted by atomic mass is 9.84. The summed E-state index contributed by atoms with van der Waals surface area (Å²) in [6.45, 7) is 11.6. The number of thiazole rings is 1. The van der Waals surface area contributed by atoms with Crippen molar-refractivity contribution in [3.8, 4) is 11.1 Å². The van der Waals surface area contributed by atoms with Crippen molar-refractivity contribution >= 4 is 44.5 Å². The Bertz CT molecular complexity index is 1340. The van der Waals surface area contributed by atoms with Crippen molar-refractivity contribution in [2.24, 2.45) is 9.50 Å². The lowest BCUT2D eigenvalue weighted by Gasteiger charge is -2.23. The summed E-state index contributed by atoms with van der Waals surface area (Å²) in [5, 5.41) is 28.1. The molecule has 3 rings (SSSR count). The van der Waals surface area contributed by atoms with Gasteiger partial charge in [0.05, 0.1) is 20.5 Å². The van der Waals surface area contributed by atoms with Crippen molar-refractivity contribution < 1.29 is 14.4 Å². The fraction of sp³-hybridized carbons (Fsp3) is 0.423. The molecule has 2 aromatic carbocycles. The Morgan fingerprint density at radius 3 is 2.11 bits per heavy atom. The highest BCUT2D eigenvalue weighted by molar-refractivity contribution is 7.93. The third-order valence-electron chi connectivity index (χ3n) is 5.82. The SMILES string of the molecule is CC(C)c1cc(-c2ccc(Cl)c(Cl)c2)cc(C(C)C)c1CC(O)N=S(N)(=O)c1ncc(C(C)(C)O)s1. The molecule has 0 aliphatic heterocycles. The summed E-state index contributed by atoms with van der Waals surface area (Å²) in [7, 11) is -3.45. The van der Waals surface area contributed by atoms with Crippen LogP contribution in [0.4, 0.5) is 0 Å². The van der Waals surface area contributed by atoms with E-state index in [0.717, 1.165) is 39.2 Å². The molecule has 4 N–H and O–H groups in total. The summed E-state index contributed by atoms with van der Waals surface area (Å²) in [4.78, 5) is 4.61. The summed E-state index contributed by atoms with van der Waals surface area (Å²) in [6, 6.07) is 9.74. The molecular formula is C26H33Cl2N3O3S2. The molecule has 0 aliphatic rings. The number of aromatic nitrogens is 1. The zero-order chi connectivity index (χ0) is 27.0. The third kappa shape index (κ3) is 6.67. The van der Waals surface area contributed by atoms with Crippen LogP contribution in [0.5, 0.6) is 0 Å². The molecule has 0 amide bonds. The molecule has 196 valence electrons. The van der Waals surface area contributed by atoms with Crippen molar-refractivity contribution in [1.29, 1.82) is 0 Å². The van der Waals surface area contributed by atoms with Crippen LogP contribution < -0.4 is 5.14 Å². The van der Waals surface area contributed by atoms with Crippen molar-refractivity contribution in [1.82, 2.24) is 4.98 Å². The van der Waals surface area contributed by atoms with Gasteiger partial charge < -0.3 is 10.2 Å². The van der Waals surface area contributed by atoms with E-state index in [1.54, 1.807) is 19.9 Å². The van der Waals surface area contributed by atoms with Gasteiger partial charge in [0.25, 0.3) is 0 Å². The summed E-state index contributed by atoms with van der Waals surface area (Å²) in [5.41, 5.74) is 3.86.